The van der Waals surface area contributed by atoms with Gasteiger partial charge in [0.25, 0.3) is 5.91 Å². The zero-order chi connectivity index (χ0) is 26.1. The summed E-state index contributed by atoms with van der Waals surface area (Å²) in [4.78, 5) is 19.9. The number of piperidine rings is 1. The molecule has 3 N–H and O–H groups in total. The van der Waals surface area contributed by atoms with Gasteiger partial charge >= 0.3 is 0 Å². The van der Waals surface area contributed by atoms with E-state index in [9.17, 15) is 19.4 Å². The smallest absolute Gasteiger partial charge is 0.274 e. The first-order valence-electron chi connectivity index (χ1n) is 13.0. The Hall–Kier alpha value is -2.44. The summed E-state index contributed by atoms with van der Waals surface area (Å²) in [6.45, 7) is 1.01. The maximum Gasteiger partial charge on any atom is 0.274 e. The molecule has 3 aliphatic carbocycles. The van der Waals surface area contributed by atoms with Crippen molar-refractivity contribution in [1.29, 1.82) is 0 Å². The van der Waals surface area contributed by atoms with E-state index in [-0.39, 0.29) is 34.7 Å². The Morgan fingerprint density at radius 2 is 1.89 bits per heavy atom. The summed E-state index contributed by atoms with van der Waals surface area (Å²) in [5, 5.41) is 25.2. The molecule has 1 aliphatic heterocycles. The van der Waals surface area contributed by atoms with Gasteiger partial charge in [0.2, 0.25) is 0 Å². The number of carbonyl (C=O) groups is 1. The maximum absolute atomic E-state index is 13.5. The summed E-state index contributed by atoms with van der Waals surface area (Å²) in [6, 6.07) is 4.14. The first-order chi connectivity index (χ1) is 17.5. The van der Waals surface area contributed by atoms with E-state index in [0.29, 0.717) is 36.6 Å². The maximum atomic E-state index is 13.5. The topological polar surface area (TPSA) is 90.6 Å². The molecule has 4 fully saturated rings. The van der Waals surface area contributed by atoms with E-state index >= 15 is 0 Å². The third kappa shape index (κ3) is 4.36. The third-order valence-electron chi connectivity index (χ3n) is 9.08. The van der Waals surface area contributed by atoms with Crippen LogP contribution in [0.1, 0.15) is 60.6 Å². The molecule has 1 aromatic heterocycles. The number of likely N-dealkylation sites (N-methyl/N-ethyl adjacent to an activating group) is 1. The molecule has 7 nitrogen and oxygen atoms in total. The van der Waals surface area contributed by atoms with Gasteiger partial charge in [0.05, 0.1) is 17.0 Å². The van der Waals surface area contributed by atoms with Gasteiger partial charge in [0.1, 0.15) is 22.7 Å². The molecule has 9 heteroatoms. The minimum atomic E-state index is -1.08. The number of carbonyl (C=O) groups excluding carboxylic acids is 1. The molecule has 6 rings (SSSR count). The average Bonchev–Trinajstić information content (AvgIpc) is 3.61. The highest BCUT2D eigenvalue weighted by Gasteiger charge is 2.53. The molecular weight excluding hydrogens is 495 g/mol. The van der Waals surface area contributed by atoms with Crippen molar-refractivity contribution in [2.75, 3.05) is 18.9 Å². The number of halogens is 2. The molecule has 196 valence electrons. The number of amides is 1. The number of rotatable bonds is 3. The van der Waals surface area contributed by atoms with Crippen LogP contribution in [0.5, 0.6) is 0 Å². The van der Waals surface area contributed by atoms with Gasteiger partial charge in [0.15, 0.2) is 0 Å². The highest BCUT2D eigenvalue weighted by atomic mass is 35.5. The van der Waals surface area contributed by atoms with E-state index in [2.05, 4.69) is 27.0 Å². The average molecular weight is 527 g/mol. The number of fused-ring (bicyclic) bond motifs is 3. The summed E-state index contributed by atoms with van der Waals surface area (Å²) in [5.74, 6) is 6.52. The van der Waals surface area contributed by atoms with Crippen molar-refractivity contribution >= 4 is 23.2 Å². The second-order valence-electron chi connectivity index (χ2n) is 11.7. The summed E-state index contributed by atoms with van der Waals surface area (Å²) in [5.41, 5.74) is -0.472. The van der Waals surface area contributed by atoms with E-state index in [1.807, 2.05) is 7.05 Å². The van der Waals surface area contributed by atoms with E-state index in [1.165, 1.54) is 18.2 Å². The van der Waals surface area contributed by atoms with E-state index in [1.54, 1.807) is 17.9 Å². The molecule has 0 radical (unpaired) electrons. The molecule has 5 atom stereocenters. The van der Waals surface area contributed by atoms with Crippen LogP contribution >= 0.6 is 11.6 Å². The Kier molecular flexibility index (Phi) is 5.92. The van der Waals surface area contributed by atoms with Gasteiger partial charge in [-0.15, -0.1) is 0 Å². The molecule has 37 heavy (non-hydrogen) atoms. The van der Waals surface area contributed by atoms with Gasteiger partial charge in [-0.3, -0.25) is 9.69 Å². The number of benzene rings is 1. The quantitative estimate of drug-likeness (QED) is 0.532. The number of anilines is 1. The lowest BCUT2D eigenvalue weighted by atomic mass is 9.89. The van der Waals surface area contributed by atoms with Crippen LogP contribution in [0.4, 0.5) is 10.1 Å². The molecule has 0 spiro atoms. The normalized spacial score (nSPS) is 36.4. The summed E-state index contributed by atoms with van der Waals surface area (Å²) < 4.78 is 15.2. The Balaban J connectivity index is 1.14. The van der Waals surface area contributed by atoms with Crippen molar-refractivity contribution in [2.24, 2.45) is 24.8 Å². The second-order valence-corrected chi connectivity index (χ2v) is 12.1. The van der Waals surface area contributed by atoms with Crippen molar-refractivity contribution in [3.05, 3.63) is 46.8 Å². The molecule has 1 saturated heterocycles. The molecular formula is C28H32ClFN4O3. The van der Waals surface area contributed by atoms with Gasteiger partial charge in [-0.1, -0.05) is 23.4 Å². The van der Waals surface area contributed by atoms with Gasteiger partial charge in [-0.05, 0) is 81.5 Å². The zero-order valence-corrected chi connectivity index (χ0v) is 21.8. The SMILES string of the molecule is CN1CC2CC1C(O)(C#CC1(O)CC3CC(c4ncn(C)c4C(=O)Nc4ccc(F)c(Cl)c4)CC3C1)C2. The molecule has 3 saturated carbocycles. The lowest BCUT2D eigenvalue weighted by molar-refractivity contribution is 0.0120. The number of hydrogen-bond acceptors (Lipinski definition) is 5. The number of imidazole rings is 1. The van der Waals surface area contributed by atoms with Crippen LogP contribution in [-0.4, -0.2) is 61.4 Å². The van der Waals surface area contributed by atoms with E-state index in [0.717, 1.165) is 31.5 Å². The van der Waals surface area contributed by atoms with Gasteiger partial charge in [-0.25, -0.2) is 9.37 Å². The Morgan fingerprint density at radius 1 is 1.16 bits per heavy atom. The number of aryl methyl sites for hydroxylation is 1. The summed E-state index contributed by atoms with van der Waals surface area (Å²) in [6.07, 6.45) is 6.10. The lowest BCUT2D eigenvalue weighted by Gasteiger charge is -2.34. The standard InChI is InChI=1S/C28H32ClFN4O3/c1-33-14-16-7-23(33)28(37,11-16)6-5-27(36)12-18-8-17(9-19(18)13-27)24-25(34(2)15-31-24)26(35)32-20-3-4-22(30)21(29)10-20/h3-4,10,15-19,23,36-37H,7-9,11-14H2,1-2H3,(H,32,35). The van der Waals surface area contributed by atoms with Crippen molar-refractivity contribution in [1.82, 2.24) is 14.5 Å². The highest BCUT2D eigenvalue weighted by Crippen LogP contribution is 2.54. The number of hydrogen-bond donors (Lipinski definition) is 3. The largest absolute Gasteiger partial charge is 0.378 e. The van der Waals surface area contributed by atoms with Crippen molar-refractivity contribution in [3.63, 3.8) is 0 Å². The van der Waals surface area contributed by atoms with Crippen LogP contribution in [0.25, 0.3) is 0 Å². The van der Waals surface area contributed by atoms with Crippen LogP contribution in [0.2, 0.25) is 5.02 Å². The van der Waals surface area contributed by atoms with E-state index < -0.39 is 17.0 Å². The molecule has 2 aromatic rings. The highest BCUT2D eigenvalue weighted by molar-refractivity contribution is 6.31. The van der Waals surface area contributed by atoms with Crippen LogP contribution in [-0.2, 0) is 7.05 Å². The first kappa shape index (κ1) is 24.9. The van der Waals surface area contributed by atoms with Gasteiger partial charge < -0.3 is 20.1 Å². The number of nitrogens with one attached hydrogen (secondary N) is 1. The van der Waals surface area contributed by atoms with Gasteiger partial charge in [0, 0.05) is 31.2 Å². The molecule has 2 bridgehead atoms. The third-order valence-corrected chi connectivity index (χ3v) is 9.37. The number of aliphatic hydroxyl groups is 2. The molecule has 5 unspecified atom stereocenters. The number of aromatic nitrogens is 2. The predicted octanol–water partition coefficient (Wildman–Crippen LogP) is 3.56. The van der Waals surface area contributed by atoms with E-state index in [4.69, 9.17) is 11.6 Å². The van der Waals surface area contributed by atoms with Crippen LogP contribution in [0.15, 0.2) is 24.5 Å². The predicted molar refractivity (Wildman–Crippen MR) is 138 cm³/mol. The molecule has 2 heterocycles. The second kappa shape index (κ2) is 8.81. The monoisotopic (exact) mass is 526 g/mol. The number of nitrogens with zero attached hydrogens (tertiary/aromatic N) is 3. The van der Waals surface area contributed by atoms with Crippen molar-refractivity contribution in [2.45, 2.75) is 61.7 Å². The Labute approximate surface area is 221 Å². The lowest BCUT2D eigenvalue weighted by Crippen LogP contribution is -2.48. The van der Waals surface area contributed by atoms with Crippen molar-refractivity contribution in [3.8, 4) is 11.8 Å². The summed E-state index contributed by atoms with van der Waals surface area (Å²) >= 11 is 5.87. The minimum absolute atomic E-state index is 0.0539. The Bertz CT molecular complexity index is 1300. The fourth-order valence-corrected chi connectivity index (χ4v) is 7.70. The summed E-state index contributed by atoms with van der Waals surface area (Å²) in [7, 11) is 3.82. The fourth-order valence-electron chi connectivity index (χ4n) is 7.52. The number of likely N-dealkylation sites (tertiary alicyclic amines) is 1. The minimum Gasteiger partial charge on any atom is -0.378 e. The van der Waals surface area contributed by atoms with Gasteiger partial charge in [-0.2, -0.15) is 0 Å². The molecule has 1 aromatic carbocycles. The Morgan fingerprint density at radius 3 is 2.54 bits per heavy atom. The van der Waals surface area contributed by atoms with Crippen LogP contribution in [0, 0.1) is 35.4 Å². The van der Waals surface area contributed by atoms with Crippen LogP contribution in [0.3, 0.4) is 0 Å². The van der Waals surface area contributed by atoms with Crippen LogP contribution < -0.4 is 5.32 Å². The first-order valence-corrected chi connectivity index (χ1v) is 13.4. The molecule has 4 aliphatic rings. The molecule has 1 amide bonds. The zero-order valence-electron chi connectivity index (χ0n) is 21.0. The van der Waals surface area contributed by atoms with Crippen molar-refractivity contribution < 1.29 is 19.4 Å². The fraction of sp³-hybridized carbons (Fsp3) is 0.571.